The van der Waals surface area contributed by atoms with Crippen molar-refractivity contribution in [1.82, 2.24) is 4.90 Å². The Kier molecular flexibility index (Phi) is 4.66. The Morgan fingerprint density at radius 1 is 1.06 bits per heavy atom. The Labute approximate surface area is 103 Å². The van der Waals surface area contributed by atoms with E-state index in [1.54, 1.807) is 0 Å². The second kappa shape index (κ2) is 6.24. The minimum Gasteiger partial charge on any atom is -0.446 e. The standard InChI is InChI=1S/C13H24N2O2/c14-11-6-5-7-12(10-11)17-13(16)15-8-3-1-2-4-9-15/h11-12H,1-10,14H2. The van der Waals surface area contributed by atoms with Gasteiger partial charge in [-0.25, -0.2) is 4.79 Å². The first-order chi connectivity index (χ1) is 8.25. The molecule has 0 aromatic heterocycles. The third-order valence-corrected chi connectivity index (χ3v) is 3.80. The molecule has 1 aliphatic heterocycles. The summed E-state index contributed by atoms with van der Waals surface area (Å²) in [4.78, 5) is 13.9. The minimum atomic E-state index is -0.119. The van der Waals surface area contributed by atoms with E-state index in [0.29, 0.717) is 0 Å². The van der Waals surface area contributed by atoms with Crippen molar-refractivity contribution in [3.63, 3.8) is 0 Å². The third-order valence-electron chi connectivity index (χ3n) is 3.80. The maximum absolute atomic E-state index is 12.0. The van der Waals surface area contributed by atoms with Crippen LogP contribution in [0.5, 0.6) is 0 Å². The van der Waals surface area contributed by atoms with Crippen molar-refractivity contribution < 1.29 is 9.53 Å². The number of carbonyl (C=O) groups excluding carboxylic acids is 1. The molecule has 1 saturated heterocycles. The molecular formula is C13H24N2O2. The number of rotatable bonds is 1. The molecule has 2 N–H and O–H groups in total. The molecule has 98 valence electrons. The van der Waals surface area contributed by atoms with Gasteiger partial charge < -0.3 is 15.4 Å². The zero-order valence-corrected chi connectivity index (χ0v) is 10.6. The highest BCUT2D eigenvalue weighted by Gasteiger charge is 2.25. The van der Waals surface area contributed by atoms with Crippen LogP contribution in [0.1, 0.15) is 51.4 Å². The Hall–Kier alpha value is -0.770. The molecule has 2 aliphatic rings. The van der Waals surface area contributed by atoms with Gasteiger partial charge in [0.05, 0.1) is 0 Å². The number of nitrogens with two attached hydrogens (primary N) is 1. The summed E-state index contributed by atoms with van der Waals surface area (Å²) >= 11 is 0. The largest absolute Gasteiger partial charge is 0.446 e. The lowest BCUT2D eigenvalue weighted by Gasteiger charge is -2.29. The van der Waals surface area contributed by atoms with Crippen LogP contribution in [-0.2, 0) is 4.74 Å². The predicted octanol–water partition coefficient (Wildman–Crippen LogP) is 2.27. The van der Waals surface area contributed by atoms with Crippen LogP contribution in [0.4, 0.5) is 4.79 Å². The van der Waals surface area contributed by atoms with Gasteiger partial charge in [-0.1, -0.05) is 12.8 Å². The minimum absolute atomic E-state index is 0.0505. The molecule has 1 amide bonds. The van der Waals surface area contributed by atoms with Crippen LogP contribution in [-0.4, -0.2) is 36.2 Å². The first-order valence-electron chi connectivity index (χ1n) is 6.97. The fraction of sp³-hybridized carbons (Fsp3) is 0.923. The molecular weight excluding hydrogens is 216 g/mol. The van der Waals surface area contributed by atoms with Crippen molar-refractivity contribution in [3.8, 4) is 0 Å². The van der Waals surface area contributed by atoms with Crippen molar-refractivity contribution in [2.45, 2.75) is 63.5 Å². The van der Waals surface area contributed by atoms with E-state index in [2.05, 4.69) is 0 Å². The average molecular weight is 240 g/mol. The van der Waals surface area contributed by atoms with Gasteiger partial charge in [-0.2, -0.15) is 0 Å². The van der Waals surface area contributed by atoms with Gasteiger partial charge in [-0.3, -0.25) is 0 Å². The average Bonchev–Trinajstić information content (AvgIpc) is 2.57. The van der Waals surface area contributed by atoms with E-state index in [4.69, 9.17) is 10.5 Å². The molecule has 4 nitrogen and oxygen atoms in total. The molecule has 0 aromatic rings. The fourth-order valence-corrected chi connectivity index (χ4v) is 2.76. The highest BCUT2D eigenvalue weighted by atomic mass is 16.6. The molecule has 0 radical (unpaired) electrons. The number of carbonyl (C=O) groups is 1. The zero-order valence-electron chi connectivity index (χ0n) is 10.6. The number of ether oxygens (including phenoxy) is 1. The Morgan fingerprint density at radius 3 is 2.41 bits per heavy atom. The Morgan fingerprint density at radius 2 is 1.76 bits per heavy atom. The second-order valence-electron chi connectivity index (χ2n) is 5.33. The molecule has 2 atom stereocenters. The molecule has 2 unspecified atom stereocenters. The second-order valence-corrected chi connectivity index (χ2v) is 5.33. The highest BCUT2D eigenvalue weighted by Crippen LogP contribution is 2.21. The van der Waals surface area contributed by atoms with Crippen molar-refractivity contribution in [3.05, 3.63) is 0 Å². The van der Waals surface area contributed by atoms with Crippen LogP contribution in [0, 0.1) is 0 Å². The van der Waals surface area contributed by atoms with Crippen molar-refractivity contribution in [1.29, 1.82) is 0 Å². The molecule has 2 rings (SSSR count). The number of hydrogen-bond acceptors (Lipinski definition) is 3. The molecule has 17 heavy (non-hydrogen) atoms. The number of hydrogen-bond donors (Lipinski definition) is 1. The van der Waals surface area contributed by atoms with Crippen LogP contribution in [0.3, 0.4) is 0 Å². The van der Waals surface area contributed by atoms with Gasteiger partial charge in [0, 0.05) is 19.1 Å². The lowest BCUT2D eigenvalue weighted by Crippen LogP contribution is -2.38. The molecule has 0 aromatic carbocycles. The van der Waals surface area contributed by atoms with E-state index in [1.807, 2.05) is 4.90 Å². The van der Waals surface area contributed by atoms with Crippen molar-refractivity contribution >= 4 is 6.09 Å². The van der Waals surface area contributed by atoms with Gasteiger partial charge in [0.1, 0.15) is 6.10 Å². The lowest BCUT2D eigenvalue weighted by molar-refractivity contribution is 0.0429. The zero-order chi connectivity index (χ0) is 12.1. The van der Waals surface area contributed by atoms with Gasteiger partial charge in [0.25, 0.3) is 0 Å². The highest BCUT2D eigenvalue weighted by molar-refractivity contribution is 5.67. The summed E-state index contributed by atoms with van der Waals surface area (Å²) in [6.45, 7) is 1.72. The van der Waals surface area contributed by atoms with Crippen molar-refractivity contribution in [2.75, 3.05) is 13.1 Å². The van der Waals surface area contributed by atoms with E-state index >= 15 is 0 Å². The van der Waals surface area contributed by atoms with E-state index in [0.717, 1.165) is 51.6 Å². The first-order valence-corrected chi connectivity index (χ1v) is 6.97. The maximum Gasteiger partial charge on any atom is 0.410 e. The molecule has 2 fully saturated rings. The van der Waals surface area contributed by atoms with E-state index in [-0.39, 0.29) is 18.2 Å². The van der Waals surface area contributed by atoms with Crippen LogP contribution < -0.4 is 5.73 Å². The molecule has 1 saturated carbocycles. The fourth-order valence-electron chi connectivity index (χ4n) is 2.76. The molecule has 0 bridgehead atoms. The van der Waals surface area contributed by atoms with Gasteiger partial charge in [0.15, 0.2) is 0 Å². The molecule has 1 heterocycles. The monoisotopic (exact) mass is 240 g/mol. The summed E-state index contributed by atoms with van der Waals surface area (Å²) in [7, 11) is 0. The Balaban J connectivity index is 1.78. The molecule has 4 heteroatoms. The first kappa shape index (κ1) is 12.7. The van der Waals surface area contributed by atoms with Crippen LogP contribution >= 0.6 is 0 Å². The van der Waals surface area contributed by atoms with Gasteiger partial charge in [0.2, 0.25) is 0 Å². The SMILES string of the molecule is NC1CCCC(OC(=O)N2CCCCCC2)C1. The third kappa shape index (κ3) is 3.87. The summed E-state index contributed by atoms with van der Waals surface area (Å²) in [5.74, 6) is 0. The number of likely N-dealkylation sites (tertiary alicyclic amines) is 1. The van der Waals surface area contributed by atoms with Crippen LogP contribution in [0.25, 0.3) is 0 Å². The summed E-state index contributed by atoms with van der Waals surface area (Å²) in [5, 5.41) is 0. The van der Waals surface area contributed by atoms with Crippen LogP contribution in [0.15, 0.2) is 0 Å². The summed E-state index contributed by atoms with van der Waals surface area (Å²) in [5.41, 5.74) is 5.90. The van der Waals surface area contributed by atoms with Crippen LogP contribution in [0.2, 0.25) is 0 Å². The lowest BCUT2D eigenvalue weighted by atomic mass is 9.94. The van der Waals surface area contributed by atoms with E-state index < -0.39 is 0 Å². The smallest absolute Gasteiger partial charge is 0.410 e. The van der Waals surface area contributed by atoms with Gasteiger partial charge in [-0.05, 0) is 38.5 Å². The summed E-state index contributed by atoms with van der Waals surface area (Å²) in [6, 6.07) is 0.214. The number of amides is 1. The molecule has 0 spiro atoms. The molecule has 1 aliphatic carbocycles. The summed E-state index contributed by atoms with van der Waals surface area (Å²) < 4.78 is 5.56. The van der Waals surface area contributed by atoms with Crippen molar-refractivity contribution in [2.24, 2.45) is 5.73 Å². The number of nitrogens with zero attached hydrogens (tertiary/aromatic N) is 1. The van der Waals surface area contributed by atoms with Gasteiger partial charge >= 0.3 is 6.09 Å². The van der Waals surface area contributed by atoms with E-state index in [1.165, 1.54) is 12.8 Å². The van der Waals surface area contributed by atoms with Gasteiger partial charge in [-0.15, -0.1) is 0 Å². The predicted molar refractivity (Wildman–Crippen MR) is 66.8 cm³/mol. The normalized spacial score (nSPS) is 30.8. The topological polar surface area (TPSA) is 55.6 Å². The summed E-state index contributed by atoms with van der Waals surface area (Å²) in [6.07, 6.45) is 8.58. The van der Waals surface area contributed by atoms with E-state index in [9.17, 15) is 4.79 Å². The maximum atomic E-state index is 12.0. The quantitative estimate of drug-likeness (QED) is 0.765. The Bertz CT molecular complexity index is 250.